The van der Waals surface area contributed by atoms with Gasteiger partial charge in [-0.25, -0.2) is 0 Å². The van der Waals surface area contributed by atoms with E-state index in [9.17, 15) is 19.8 Å². The standard InChI is InChI=1S/C24H22N4O4/c1-25-23(31)15-7-9-17(21(29)11-15)13-27-19-5-3-4-6-20(19)28-14-18-10-8-16(12-22(18)30)24(32)26-2/h3-14,29-30H,1-2H3,(H,25,31)(H,26,32). The van der Waals surface area contributed by atoms with Crippen molar-refractivity contribution in [3.8, 4) is 11.5 Å². The third-order valence-corrected chi connectivity index (χ3v) is 4.61. The highest BCUT2D eigenvalue weighted by molar-refractivity contribution is 5.97. The molecule has 8 nitrogen and oxygen atoms in total. The van der Waals surface area contributed by atoms with Crippen LogP contribution in [0, 0.1) is 0 Å². The summed E-state index contributed by atoms with van der Waals surface area (Å²) in [6, 6.07) is 16.2. The minimum absolute atomic E-state index is 0.0723. The molecule has 0 aromatic heterocycles. The molecule has 0 radical (unpaired) electrons. The third kappa shape index (κ3) is 5.17. The molecular weight excluding hydrogens is 408 g/mol. The van der Waals surface area contributed by atoms with Gasteiger partial charge >= 0.3 is 0 Å². The second-order valence-corrected chi connectivity index (χ2v) is 6.71. The Balaban J connectivity index is 1.84. The number of para-hydroxylation sites is 2. The molecule has 32 heavy (non-hydrogen) atoms. The summed E-state index contributed by atoms with van der Waals surface area (Å²) in [7, 11) is 3.03. The first-order chi connectivity index (χ1) is 15.4. The van der Waals surface area contributed by atoms with Crippen molar-refractivity contribution in [3.63, 3.8) is 0 Å². The van der Waals surface area contributed by atoms with Crippen molar-refractivity contribution in [2.75, 3.05) is 14.1 Å². The van der Waals surface area contributed by atoms with E-state index in [0.29, 0.717) is 33.6 Å². The Morgan fingerprint density at radius 1 is 0.719 bits per heavy atom. The SMILES string of the molecule is CNC(=O)c1ccc(C=Nc2ccccc2N=Cc2ccc(C(=O)NC)cc2O)c(O)c1. The first-order valence-electron chi connectivity index (χ1n) is 9.70. The van der Waals surface area contributed by atoms with Crippen LogP contribution in [0.3, 0.4) is 0 Å². The van der Waals surface area contributed by atoms with Gasteiger partial charge in [0.15, 0.2) is 0 Å². The smallest absolute Gasteiger partial charge is 0.251 e. The van der Waals surface area contributed by atoms with Gasteiger partial charge in [-0.2, -0.15) is 0 Å². The van der Waals surface area contributed by atoms with Gasteiger partial charge < -0.3 is 20.8 Å². The predicted octanol–water partition coefficient (Wildman–Crippen LogP) is 3.32. The summed E-state index contributed by atoms with van der Waals surface area (Å²) in [4.78, 5) is 32.1. The van der Waals surface area contributed by atoms with E-state index in [1.807, 2.05) is 0 Å². The zero-order valence-electron chi connectivity index (χ0n) is 17.5. The van der Waals surface area contributed by atoms with Gasteiger partial charge in [0.05, 0.1) is 11.4 Å². The summed E-state index contributed by atoms with van der Waals surface area (Å²) >= 11 is 0. The van der Waals surface area contributed by atoms with Crippen molar-refractivity contribution < 1.29 is 19.8 Å². The van der Waals surface area contributed by atoms with Gasteiger partial charge in [-0.3, -0.25) is 19.6 Å². The summed E-state index contributed by atoms with van der Waals surface area (Å²) in [6.45, 7) is 0. The molecule has 3 rings (SSSR count). The second-order valence-electron chi connectivity index (χ2n) is 6.71. The van der Waals surface area contributed by atoms with E-state index in [1.54, 1.807) is 48.5 Å². The maximum Gasteiger partial charge on any atom is 0.251 e. The van der Waals surface area contributed by atoms with E-state index in [0.717, 1.165) is 0 Å². The number of carbonyl (C=O) groups excluding carboxylic acids is 2. The number of benzene rings is 3. The lowest BCUT2D eigenvalue weighted by Gasteiger charge is -2.05. The van der Waals surface area contributed by atoms with E-state index in [1.165, 1.54) is 38.7 Å². The highest BCUT2D eigenvalue weighted by Gasteiger charge is 2.08. The first-order valence-corrected chi connectivity index (χ1v) is 9.70. The Morgan fingerprint density at radius 2 is 1.12 bits per heavy atom. The molecule has 0 aliphatic carbocycles. The quantitative estimate of drug-likeness (QED) is 0.448. The molecule has 4 N–H and O–H groups in total. The van der Waals surface area contributed by atoms with E-state index in [4.69, 9.17) is 0 Å². The molecule has 0 aliphatic rings. The van der Waals surface area contributed by atoms with Crippen LogP contribution >= 0.6 is 0 Å². The monoisotopic (exact) mass is 430 g/mol. The number of amides is 2. The zero-order valence-corrected chi connectivity index (χ0v) is 17.5. The van der Waals surface area contributed by atoms with Crippen molar-refractivity contribution in [3.05, 3.63) is 82.9 Å². The maximum atomic E-state index is 11.7. The van der Waals surface area contributed by atoms with Gasteiger partial charge in [0.1, 0.15) is 11.5 Å². The van der Waals surface area contributed by atoms with Crippen LogP contribution in [0.25, 0.3) is 0 Å². The molecule has 8 heteroatoms. The van der Waals surface area contributed by atoms with Gasteiger partial charge in [-0.15, -0.1) is 0 Å². The molecule has 162 valence electrons. The Morgan fingerprint density at radius 3 is 1.47 bits per heavy atom. The Hall–Kier alpha value is -4.46. The number of nitrogens with one attached hydrogen (secondary N) is 2. The van der Waals surface area contributed by atoms with Crippen LogP contribution in [0.2, 0.25) is 0 Å². The molecular formula is C24H22N4O4. The van der Waals surface area contributed by atoms with Gasteiger partial charge in [0.25, 0.3) is 11.8 Å². The molecule has 0 fully saturated rings. The van der Waals surface area contributed by atoms with Gasteiger partial charge in [0.2, 0.25) is 0 Å². The number of aliphatic imine (C=N–C) groups is 2. The van der Waals surface area contributed by atoms with Crippen molar-refractivity contribution in [1.29, 1.82) is 0 Å². The Kier molecular flexibility index (Phi) is 6.97. The Labute approximate surface area is 185 Å². The second kappa shape index (κ2) is 10.0. The van der Waals surface area contributed by atoms with Crippen LogP contribution in [0.4, 0.5) is 11.4 Å². The molecule has 2 amide bonds. The van der Waals surface area contributed by atoms with Gasteiger partial charge in [-0.1, -0.05) is 12.1 Å². The summed E-state index contributed by atoms with van der Waals surface area (Å²) < 4.78 is 0. The molecule has 0 unspecified atom stereocenters. The van der Waals surface area contributed by atoms with Gasteiger partial charge in [-0.05, 0) is 48.5 Å². The topological polar surface area (TPSA) is 123 Å². The number of phenols is 2. The summed E-state index contributed by atoms with van der Waals surface area (Å²) in [5, 5.41) is 25.4. The number of carbonyl (C=O) groups is 2. The maximum absolute atomic E-state index is 11.7. The minimum Gasteiger partial charge on any atom is -0.507 e. The number of hydrogen-bond acceptors (Lipinski definition) is 6. The lowest BCUT2D eigenvalue weighted by Crippen LogP contribution is -2.17. The van der Waals surface area contributed by atoms with Crippen LogP contribution in [-0.2, 0) is 0 Å². The number of nitrogens with zero attached hydrogens (tertiary/aromatic N) is 2. The number of aromatic hydroxyl groups is 2. The van der Waals surface area contributed by atoms with Crippen LogP contribution in [0.15, 0.2) is 70.6 Å². The molecule has 3 aromatic carbocycles. The lowest BCUT2D eigenvalue weighted by atomic mass is 10.1. The third-order valence-electron chi connectivity index (χ3n) is 4.61. The van der Waals surface area contributed by atoms with Crippen molar-refractivity contribution in [1.82, 2.24) is 10.6 Å². The average molecular weight is 430 g/mol. The van der Waals surface area contributed by atoms with E-state index >= 15 is 0 Å². The van der Waals surface area contributed by atoms with Gasteiger partial charge in [0, 0.05) is 48.8 Å². The van der Waals surface area contributed by atoms with Crippen LogP contribution in [0.1, 0.15) is 31.8 Å². The summed E-state index contributed by atoms with van der Waals surface area (Å²) in [6.07, 6.45) is 2.96. The molecule has 0 heterocycles. The fourth-order valence-corrected chi connectivity index (χ4v) is 2.84. The largest absolute Gasteiger partial charge is 0.507 e. The van der Waals surface area contributed by atoms with Crippen molar-refractivity contribution in [2.45, 2.75) is 0 Å². The Bertz CT molecular complexity index is 1120. The molecule has 3 aromatic rings. The first kappa shape index (κ1) is 22.2. The van der Waals surface area contributed by atoms with E-state index in [2.05, 4.69) is 20.6 Å². The number of phenolic OH excluding ortho intramolecular Hbond substituents is 2. The molecule has 0 atom stereocenters. The molecule has 0 aliphatic heterocycles. The average Bonchev–Trinajstić information content (AvgIpc) is 2.81. The van der Waals surface area contributed by atoms with E-state index < -0.39 is 0 Å². The highest BCUT2D eigenvalue weighted by Crippen LogP contribution is 2.28. The molecule has 0 saturated heterocycles. The predicted molar refractivity (Wildman–Crippen MR) is 124 cm³/mol. The molecule has 0 saturated carbocycles. The highest BCUT2D eigenvalue weighted by atomic mass is 16.3. The van der Waals surface area contributed by atoms with Crippen molar-refractivity contribution >= 4 is 35.6 Å². The molecule has 0 spiro atoms. The fraction of sp³-hybridized carbons (Fsp3) is 0.0833. The zero-order chi connectivity index (χ0) is 23.1. The fourth-order valence-electron chi connectivity index (χ4n) is 2.84. The lowest BCUT2D eigenvalue weighted by molar-refractivity contribution is 0.0955. The number of rotatable bonds is 6. The summed E-state index contributed by atoms with van der Waals surface area (Å²) in [5.41, 5.74) is 2.65. The minimum atomic E-state index is -0.296. The number of hydrogen-bond donors (Lipinski definition) is 4. The normalized spacial score (nSPS) is 11.1. The van der Waals surface area contributed by atoms with Crippen LogP contribution in [-0.4, -0.2) is 48.6 Å². The van der Waals surface area contributed by atoms with Crippen molar-refractivity contribution in [2.24, 2.45) is 9.98 Å². The van der Waals surface area contributed by atoms with Crippen LogP contribution < -0.4 is 10.6 Å². The molecule has 0 bridgehead atoms. The van der Waals surface area contributed by atoms with E-state index in [-0.39, 0.29) is 23.3 Å². The van der Waals surface area contributed by atoms with Crippen LogP contribution in [0.5, 0.6) is 11.5 Å². The summed E-state index contributed by atoms with van der Waals surface area (Å²) in [5.74, 6) is -0.737.